The van der Waals surface area contributed by atoms with Gasteiger partial charge in [0.1, 0.15) is 9.92 Å². The Labute approximate surface area is 183 Å². The summed E-state index contributed by atoms with van der Waals surface area (Å²) in [7, 11) is -2.71. The van der Waals surface area contributed by atoms with Crippen LogP contribution in [0.1, 0.15) is 6.92 Å². The molecule has 0 unspecified atom stereocenters. The lowest BCUT2D eigenvalue weighted by Crippen LogP contribution is -2.36. The molecule has 1 aromatic carbocycles. The minimum absolute atomic E-state index is 0.00610. The van der Waals surface area contributed by atoms with Crippen LogP contribution >= 0.6 is 35.0 Å². The summed E-state index contributed by atoms with van der Waals surface area (Å²) in [5.41, 5.74) is 0. The molecular formula is C16H19Cl2N5O4S2. The van der Waals surface area contributed by atoms with E-state index in [9.17, 15) is 13.2 Å². The number of rotatable bonds is 9. The molecule has 1 aromatic heterocycles. The van der Waals surface area contributed by atoms with E-state index in [-0.39, 0.29) is 32.7 Å². The second kappa shape index (κ2) is 10.7. The molecule has 2 amide bonds. The lowest BCUT2D eigenvalue weighted by Gasteiger charge is -2.12. The fourth-order valence-corrected chi connectivity index (χ4v) is 4.51. The predicted octanol–water partition coefficient (Wildman–Crippen LogP) is 3.00. The molecule has 9 nitrogen and oxygen atoms in total. The molecule has 0 saturated carbocycles. The van der Waals surface area contributed by atoms with Crippen LogP contribution in [0.2, 0.25) is 10.0 Å². The van der Waals surface area contributed by atoms with E-state index in [1.165, 1.54) is 43.3 Å². The van der Waals surface area contributed by atoms with Crippen LogP contribution in [0.25, 0.3) is 0 Å². The molecule has 1 heterocycles. The van der Waals surface area contributed by atoms with Gasteiger partial charge in [-0.3, -0.25) is 4.72 Å². The van der Waals surface area contributed by atoms with E-state index >= 15 is 0 Å². The molecule has 2 rings (SSSR count). The lowest BCUT2D eigenvalue weighted by molar-refractivity contribution is 0.242. The predicted molar refractivity (Wildman–Crippen MR) is 114 cm³/mol. The zero-order valence-electron chi connectivity index (χ0n) is 15.5. The molecule has 0 aliphatic rings. The summed E-state index contributed by atoms with van der Waals surface area (Å²) in [5.74, 6) is 0.444. The van der Waals surface area contributed by atoms with Crippen molar-refractivity contribution in [2.45, 2.75) is 16.8 Å². The lowest BCUT2D eigenvalue weighted by atomic mass is 10.4. The van der Waals surface area contributed by atoms with Crippen LogP contribution in [-0.4, -0.2) is 50.4 Å². The Hall–Kier alpha value is -1.95. The zero-order valence-corrected chi connectivity index (χ0v) is 18.7. The van der Waals surface area contributed by atoms with Crippen molar-refractivity contribution in [3.05, 3.63) is 34.4 Å². The highest BCUT2D eigenvalue weighted by Gasteiger charge is 2.22. The number of hydrogen-bond acceptors (Lipinski definition) is 7. The van der Waals surface area contributed by atoms with Crippen molar-refractivity contribution in [3.8, 4) is 5.88 Å². The summed E-state index contributed by atoms with van der Waals surface area (Å²) in [5, 5.41) is 5.83. The van der Waals surface area contributed by atoms with Gasteiger partial charge in [0.25, 0.3) is 15.9 Å². The summed E-state index contributed by atoms with van der Waals surface area (Å²) in [6.45, 7) is 2.79. The molecule has 13 heteroatoms. The Bertz CT molecular complexity index is 976. The monoisotopic (exact) mass is 479 g/mol. The van der Waals surface area contributed by atoms with Gasteiger partial charge in [-0.2, -0.15) is 0 Å². The van der Waals surface area contributed by atoms with Crippen LogP contribution in [0.3, 0.4) is 0 Å². The smallest absolute Gasteiger partial charge is 0.314 e. The van der Waals surface area contributed by atoms with E-state index in [1.54, 1.807) is 0 Å². The number of carbonyl (C=O) groups excluding carboxylic acids is 1. The number of urea groups is 1. The summed E-state index contributed by atoms with van der Waals surface area (Å²) >= 11 is 13.2. The SMILES string of the molecule is CCNC(=O)NCCSc1cnc(NS(=O)(=O)c2cccc(Cl)c2Cl)c(OC)n1. The molecule has 0 radical (unpaired) electrons. The van der Waals surface area contributed by atoms with Gasteiger partial charge in [-0.15, -0.1) is 11.8 Å². The number of nitrogens with one attached hydrogen (secondary N) is 3. The zero-order chi connectivity index (χ0) is 21.4. The van der Waals surface area contributed by atoms with Crippen molar-refractivity contribution < 1.29 is 17.9 Å². The molecule has 29 heavy (non-hydrogen) atoms. The van der Waals surface area contributed by atoms with E-state index in [1.807, 2.05) is 6.92 Å². The van der Waals surface area contributed by atoms with Gasteiger partial charge < -0.3 is 15.4 Å². The number of thioether (sulfide) groups is 1. The van der Waals surface area contributed by atoms with Crippen molar-refractivity contribution in [2.75, 3.05) is 30.7 Å². The van der Waals surface area contributed by atoms with Crippen molar-refractivity contribution in [3.63, 3.8) is 0 Å². The van der Waals surface area contributed by atoms with Crippen LogP contribution in [0.15, 0.2) is 34.3 Å². The quantitative estimate of drug-likeness (QED) is 0.373. The number of amides is 2. The summed E-state index contributed by atoms with van der Waals surface area (Å²) in [6.07, 6.45) is 1.40. The third-order valence-corrected chi connectivity index (χ3v) is 6.54. The first kappa shape index (κ1) is 23.3. The highest BCUT2D eigenvalue weighted by atomic mass is 35.5. The van der Waals surface area contributed by atoms with Gasteiger partial charge in [0.05, 0.1) is 23.4 Å². The average molecular weight is 480 g/mol. The fraction of sp³-hybridized carbons (Fsp3) is 0.312. The third kappa shape index (κ3) is 6.53. The molecule has 0 fully saturated rings. The Kier molecular flexibility index (Phi) is 8.62. The second-order valence-corrected chi connectivity index (χ2v) is 8.91. The molecule has 3 N–H and O–H groups in total. The third-order valence-electron chi connectivity index (χ3n) is 3.32. The topological polar surface area (TPSA) is 122 Å². The van der Waals surface area contributed by atoms with Gasteiger partial charge in [0.2, 0.25) is 5.82 Å². The minimum atomic E-state index is -4.06. The Balaban J connectivity index is 2.08. The first-order chi connectivity index (χ1) is 13.8. The van der Waals surface area contributed by atoms with E-state index in [0.29, 0.717) is 23.9 Å². The molecule has 0 bridgehead atoms. The van der Waals surface area contributed by atoms with E-state index in [2.05, 4.69) is 25.3 Å². The molecule has 0 aliphatic heterocycles. The largest absolute Gasteiger partial charge is 0.478 e. The molecule has 158 valence electrons. The van der Waals surface area contributed by atoms with Crippen LogP contribution < -0.4 is 20.1 Å². The molecule has 0 atom stereocenters. The Morgan fingerprint density at radius 3 is 2.72 bits per heavy atom. The number of sulfonamides is 1. The average Bonchev–Trinajstić information content (AvgIpc) is 2.68. The van der Waals surface area contributed by atoms with Gasteiger partial charge in [-0.25, -0.2) is 23.2 Å². The van der Waals surface area contributed by atoms with Gasteiger partial charge >= 0.3 is 6.03 Å². The summed E-state index contributed by atoms with van der Waals surface area (Å²) in [4.78, 5) is 19.4. The van der Waals surface area contributed by atoms with Crippen LogP contribution in [0.4, 0.5) is 10.6 Å². The normalized spacial score (nSPS) is 11.0. The molecule has 0 saturated heterocycles. The maximum absolute atomic E-state index is 12.6. The summed E-state index contributed by atoms with van der Waals surface area (Å²) < 4.78 is 32.7. The first-order valence-electron chi connectivity index (χ1n) is 8.30. The van der Waals surface area contributed by atoms with Crippen LogP contribution in [0, 0.1) is 0 Å². The number of methoxy groups -OCH3 is 1. The van der Waals surface area contributed by atoms with E-state index in [0.717, 1.165) is 0 Å². The molecule has 2 aromatic rings. The first-order valence-corrected chi connectivity index (χ1v) is 11.5. The van der Waals surface area contributed by atoms with Gasteiger partial charge in [0, 0.05) is 18.8 Å². The highest BCUT2D eigenvalue weighted by Crippen LogP contribution is 2.31. The number of halogens is 2. The second-order valence-electron chi connectivity index (χ2n) is 5.36. The number of aromatic nitrogens is 2. The number of benzene rings is 1. The van der Waals surface area contributed by atoms with E-state index in [4.69, 9.17) is 27.9 Å². The van der Waals surface area contributed by atoms with Crippen LogP contribution in [0.5, 0.6) is 5.88 Å². The number of ether oxygens (including phenoxy) is 1. The van der Waals surface area contributed by atoms with Gasteiger partial charge in [-0.05, 0) is 19.1 Å². The van der Waals surface area contributed by atoms with Gasteiger partial charge in [0.15, 0.2) is 0 Å². The molecular weight excluding hydrogens is 461 g/mol. The van der Waals surface area contributed by atoms with E-state index < -0.39 is 10.0 Å². The maximum atomic E-state index is 12.6. The number of hydrogen-bond donors (Lipinski definition) is 3. The van der Waals surface area contributed by atoms with Crippen molar-refractivity contribution >= 4 is 56.8 Å². The van der Waals surface area contributed by atoms with Crippen molar-refractivity contribution in [2.24, 2.45) is 0 Å². The minimum Gasteiger partial charge on any atom is -0.478 e. The fourth-order valence-electron chi connectivity index (χ4n) is 2.06. The number of carbonyl (C=O) groups is 1. The number of nitrogens with zero attached hydrogens (tertiary/aromatic N) is 2. The molecule has 0 aliphatic carbocycles. The summed E-state index contributed by atoms with van der Waals surface area (Å²) in [6, 6.07) is 4.03. The van der Waals surface area contributed by atoms with Crippen molar-refractivity contribution in [1.82, 2.24) is 20.6 Å². The van der Waals surface area contributed by atoms with Crippen LogP contribution in [-0.2, 0) is 10.0 Å². The standard InChI is InChI=1S/C16H19Cl2N5O4S2/c1-3-19-16(24)20-7-8-28-12-9-21-14(15(22-12)27-2)23-29(25,26)11-6-4-5-10(17)13(11)18/h4-6,9H,3,7-8H2,1-2H3,(H,21,23)(H2,19,20,24). The number of anilines is 1. The highest BCUT2D eigenvalue weighted by molar-refractivity contribution is 7.99. The Morgan fingerprint density at radius 2 is 2.03 bits per heavy atom. The van der Waals surface area contributed by atoms with Crippen molar-refractivity contribution in [1.29, 1.82) is 0 Å². The van der Waals surface area contributed by atoms with Gasteiger partial charge in [-0.1, -0.05) is 29.3 Å². The Morgan fingerprint density at radius 1 is 1.28 bits per heavy atom. The molecule has 0 spiro atoms. The maximum Gasteiger partial charge on any atom is 0.314 e.